The smallest absolute Gasteiger partial charge is 0.317 e. The minimum atomic E-state index is -2.59. The van der Waals surface area contributed by atoms with Crippen molar-refractivity contribution < 1.29 is 13.6 Å². The summed E-state index contributed by atoms with van der Waals surface area (Å²) in [6, 6.07) is 9.67. The summed E-state index contributed by atoms with van der Waals surface area (Å²) in [5.74, 6) is -1.74. The molecule has 1 N–H and O–H groups in total. The van der Waals surface area contributed by atoms with Crippen LogP contribution in [0.5, 0.6) is 0 Å². The third-order valence-electron chi connectivity index (χ3n) is 6.78. The van der Waals surface area contributed by atoms with Crippen LogP contribution >= 0.6 is 0 Å². The van der Waals surface area contributed by atoms with Crippen molar-refractivity contribution in [1.82, 2.24) is 20.4 Å². The van der Waals surface area contributed by atoms with Crippen LogP contribution in [0.25, 0.3) is 11.3 Å². The molecule has 1 aliphatic heterocycles. The van der Waals surface area contributed by atoms with E-state index in [2.05, 4.69) is 34.3 Å². The third kappa shape index (κ3) is 4.69. The average molecular weight is 444 g/mol. The molecule has 8 heteroatoms. The largest absolute Gasteiger partial charge is 0.351 e. The predicted molar refractivity (Wildman–Crippen MR) is 121 cm³/mol. The number of anilines is 1. The Morgan fingerprint density at radius 1 is 1.06 bits per heavy atom. The number of alkyl halides is 2. The highest BCUT2D eigenvalue weighted by atomic mass is 19.3. The first-order valence-corrected chi connectivity index (χ1v) is 11.3. The number of rotatable bonds is 3. The number of nitrogens with zero attached hydrogens (tertiary/aromatic N) is 4. The van der Waals surface area contributed by atoms with Crippen molar-refractivity contribution in [3.05, 3.63) is 41.5 Å². The first-order chi connectivity index (χ1) is 15.2. The fourth-order valence-corrected chi connectivity index (χ4v) is 4.66. The maximum atomic E-state index is 13.4. The van der Waals surface area contributed by atoms with Crippen molar-refractivity contribution in [2.75, 3.05) is 24.5 Å². The Hall–Kier alpha value is -2.77. The average Bonchev–Trinajstić information content (AvgIpc) is 2.77. The molecule has 0 bridgehead atoms. The highest BCUT2D eigenvalue weighted by molar-refractivity contribution is 5.75. The summed E-state index contributed by atoms with van der Waals surface area (Å²) in [5.41, 5.74) is 4.12. The van der Waals surface area contributed by atoms with Gasteiger partial charge in [-0.05, 0) is 44.7 Å². The topological polar surface area (TPSA) is 61.4 Å². The van der Waals surface area contributed by atoms with Crippen molar-refractivity contribution in [2.24, 2.45) is 0 Å². The number of aromatic nitrogens is 2. The van der Waals surface area contributed by atoms with Crippen LogP contribution in [0, 0.1) is 13.8 Å². The van der Waals surface area contributed by atoms with Gasteiger partial charge in [-0.15, -0.1) is 10.2 Å². The minimum absolute atomic E-state index is 0.0240. The number of urea groups is 1. The molecule has 0 radical (unpaired) electrons. The standard InChI is InChI=1S/C24H31F2N5O/c1-16-15-30(13-14-31(16)23(32)27-20-9-11-24(25,26)12-10-20)22-18(3)17(2)21(28-29-22)19-7-5-4-6-8-19/h4-8,16,20H,9-15H2,1-3H3,(H,27,32). The molecule has 1 saturated heterocycles. The van der Waals surface area contributed by atoms with Gasteiger partial charge in [-0.1, -0.05) is 30.3 Å². The first kappa shape index (κ1) is 22.4. The molecule has 2 heterocycles. The molecule has 2 amide bonds. The van der Waals surface area contributed by atoms with E-state index in [1.807, 2.05) is 37.3 Å². The van der Waals surface area contributed by atoms with Crippen molar-refractivity contribution in [2.45, 2.75) is 64.5 Å². The second-order valence-corrected chi connectivity index (χ2v) is 9.06. The third-order valence-corrected chi connectivity index (χ3v) is 6.78. The molecular formula is C24H31F2N5O. The molecule has 172 valence electrons. The first-order valence-electron chi connectivity index (χ1n) is 11.3. The van der Waals surface area contributed by atoms with Gasteiger partial charge in [0.2, 0.25) is 5.92 Å². The number of benzene rings is 1. The molecule has 0 spiro atoms. The summed E-state index contributed by atoms with van der Waals surface area (Å²) in [6.45, 7) is 7.99. The zero-order chi connectivity index (χ0) is 22.9. The van der Waals surface area contributed by atoms with Gasteiger partial charge < -0.3 is 15.1 Å². The Balaban J connectivity index is 1.40. The second-order valence-electron chi connectivity index (χ2n) is 9.06. The Morgan fingerprint density at radius 2 is 1.75 bits per heavy atom. The maximum absolute atomic E-state index is 13.4. The quantitative estimate of drug-likeness (QED) is 0.756. The van der Waals surface area contributed by atoms with Crippen LogP contribution in [0.2, 0.25) is 0 Å². The lowest BCUT2D eigenvalue weighted by atomic mass is 9.92. The minimum Gasteiger partial charge on any atom is -0.351 e. The van der Waals surface area contributed by atoms with Gasteiger partial charge in [0.25, 0.3) is 0 Å². The molecule has 1 aromatic carbocycles. The Labute approximate surface area is 188 Å². The van der Waals surface area contributed by atoms with Crippen LogP contribution < -0.4 is 10.2 Å². The fourth-order valence-electron chi connectivity index (χ4n) is 4.66. The number of hydrogen-bond donors (Lipinski definition) is 1. The number of amides is 2. The Bertz CT molecular complexity index is 958. The van der Waals surface area contributed by atoms with Crippen LogP contribution in [0.3, 0.4) is 0 Å². The van der Waals surface area contributed by atoms with E-state index in [-0.39, 0.29) is 31.0 Å². The highest BCUT2D eigenvalue weighted by Crippen LogP contribution is 2.33. The monoisotopic (exact) mass is 443 g/mol. The van der Waals surface area contributed by atoms with Crippen LogP contribution in [-0.4, -0.2) is 58.8 Å². The maximum Gasteiger partial charge on any atom is 0.317 e. The number of nitrogens with one attached hydrogen (secondary N) is 1. The zero-order valence-corrected chi connectivity index (χ0v) is 18.9. The molecule has 2 aliphatic rings. The van der Waals surface area contributed by atoms with E-state index >= 15 is 0 Å². The number of halogens is 2. The second kappa shape index (κ2) is 9.00. The molecule has 2 aromatic rings. The lowest BCUT2D eigenvalue weighted by molar-refractivity contribution is -0.0399. The van der Waals surface area contributed by atoms with E-state index in [0.717, 1.165) is 28.2 Å². The van der Waals surface area contributed by atoms with Gasteiger partial charge in [0, 0.05) is 50.1 Å². The molecule has 2 fully saturated rings. The summed E-state index contributed by atoms with van der Waals surface area (Å²) >= 11 is 0. The molecule has 32 heavy (non-hydrogen) atoms. The summed E-state index contributed by atoms with van der Waals surface area (Å²) in [5, 5.41) is 12.0. The van der Waals surface area contributed by atoms with Gasteiger partial charge in [-0.3, -0.25) is 0 Å². The van der Waals surface area contributed by atoms with E-state index in [1.54, 1.807) is 4.90 Å². The van der Waals surface area contributed by atoms with E-state index < -0.39 is 5.92 Å². The van der Waals surface area contributed by atoms with E-state index in [9.17, 15) is 13.6 Å². The molecule has 1 unspecified atom stereocenters. The van der Waals surface area contributed by atoms with Crippen LogP contribution in [-0.2, 0) is 0 Å². The van der Waals surface area contributed by atoms with E-state index in [1.165, 1.54) is 0 Å². The zero-order valence-electron chi connectivity index (χ0n) is 18.9. The lowest BCUT2D eigenvalue weighted by Crippen LogP contribution is -2.58. The van der Waals surface area contributed by atoms with Crippen LogP contribution in [0.15, 0.2) is 30.3 Å². The molecule has 6 nitrogen and oxygen atoms in total. The highest BCUT2D eigenvalue weighted by Gasteiger charge is 2.37. The summed E-state index contributed by atoms with van der Waals surface area (Å²) in [7, 11) is 0. The summed E-state index contributed by atoms with van der Waals surface area (Å²) in [6.07, 6.45) is 0.346. The molecule has 1 atom stereocenters. The van der Waals surface area contributed by atoms with Gasteiger partial charge in [-0.2, -0.15) is 0 Å². The van der Waals surface area contributed by atoms with Crippen molar-refractivity contribution in [1.29, 1.82) is 0 Å². The number of carbonyl (C=O) groups excluding carboxylic acids is 1. The molecule has 4 rings (SSSR count). The fraction of sp³-hybridized carbons (Fsp3) is 0.542. The summed E-state index contributed by atoms with van der Waals surface area (Å²) in [4.78, 5) is 16.8. The van der Waals surface area contributed by atoms with Crippen LogP contribution in [0.4, 0.5) is 19.4 Å². The summed E-state index contributed by atoms with van der Waals surface area (Å²) < 4.78 is 26.8. The Morgan fingerprint density at radius 3 is 2.41 bits per heavy atom. The molecular weight excluding hydrogens is 412 g/mol. The lowest BCUT2D eigenvalue weighted by Gasteiger charge is -2.41. The van der Waals surface area contributed by atoms with Crippen molar-refractivity contribution in [3.63, 3.8) is 0 Å². The van der Waals surface area contributed by atoms with Gasteiger partial charge in [0.15, 0.2) is 5.82 Å². The SMILES string of the molecule is Cc1c(-c2ccccc2)nnc(N2CCN(C(=O)NC3CCC(F)(F)CC3)C(C)C2)c1C. The van der Waals surface area contributed by atoms with Gasteiger partial charge in [0.05, 0.1) is 5.69 Å². The van der Waals surface area contributed by atoms with Crippen LogP contribution in [0.1, 0.15) is 43.7 Å². The Kier molecular flexibility index (Phi) is 6.31. The normalized spacial score (nSPS) is 21.5. The van der Waals surface area contributed by atoms with Crippen molar-refractivity contribution in [3.8, 4) is 11.3 Å². The van der Waals surface area contributed by atoms with Gasteiger partial charge >= 0.3 is 6.03 Å². The number of carbonyl (C=O) groups is 1. The predicted octanol–water partition coefficient (Wildman–Crippen LogP) is 4.56. The molecule has 1 saturated carbocycles. The van der Waals surface area contributed by atoms with Crippen molar-refractivity contribution >= 4 is 11.8 Å². The number of hydrogen-bond acceptors (Lipinski definition) is 4. The van der Waals surface area contributed by atoms with E-state index in [4.69, 9.17) is 0 Å². The van der Waals surface area contributed by atoms with Gasteiger partial charge in [0.1, 0.15) is 0 Å². The van der Waals surface area contributed by atoms with Gasteiger partial charge in [-0.25, -0.2) is 13.6 Å². The molecule has 1 aromatic heterocycles. The molecule has 1 aliphatic carbocycles. The number of piperazine rings is 1. The van der Waals surface area contributed by atoms with E-state index in [0.29, 0.717) is 32.5 Å².